The highest BCUT2D eigenvalue weighted by Gasteiger charge is 2.12. The highest BCUT2D eigenvalue weighted by molar-refractivity contribution is 7.14. The van der Waals surface area contributed by atoms with Gasteiger partial charge in [-0.05, 0) is 36.3 Å². The van der Waals surface area contributed by atoms with Crippen LogP contribution < -0.4 is 10.6 Å². The van der Waals surface area contributed by atoms with Crippen LogP contribution in [-0.4, -0.2) is 34.8 Å². The second-order valence-corrected chi connectivity index (χ2v) is 8.01. The van der Waals surface area contributed by atoms with E-state index in [0.717, 1.165) is 25.2 Å². The third-order valence-electron chi connectivity index (χ3n) is 5.03. The lowest BCUT2D eigenvalue weighted by Gasteiger charge is -2.20. The molecule has 2 amide bonds. The minimum absolute atomic E-state index is 0.0936. The zero-order valence-electron chi connectivity index (χ0n) is 17.9. The van der Waals surface area contributed by atoms with Gasteiger partial charge in [-0.1, -0.05) is 56.3 Å². The molecule has 31 heavy (non-hydrogen) atoms. The Balaban J connectivity index is 1.52. The Morgan fingerprint density at radius 2 is 1.65 bits per heavy atom. The van der Waals surface area contributed by atoms with Gasteiger partial charge >= 0.3 is 0 Å². The molecule has 0 spiro atoms. The summed E-state index contributed by atoms with van der Waals surface area (Å²) in [6.45, 7) is 7.64. The van der Waals surface area contributed by atoms with Crippen LogP contribution in [0.4, 0.5) is 5.13 Å². The predicted octanol–water partition coefficient (Wildman–Crippen LogP) is 4.10. The molecule has 1 aromatic heterocycles. The molecule has 162 valence electrons. The number of thiazole rings is 1. The van der Waals surface area contributed by atoms with Gasteiger partial charge < -0.3 is 5.32 Å². The molecule has 0 aliphatic carbocycles. The Hall–Kier alpha value is -3.03. The number of aromatic nitrogens is 1. The number of carbonyl (C=O) groups is 2. The molecule has 0 radical (unpaired) electrons. The van der Waals surface area contributed by atoms with Crippen molar-refractivity contribution in [1.82, 2.24) is 15.2 Å². The van der Waals surface area contributed by atoms with Gasteiger partial charge in [0.1, 0.15) is 0 Å². The average Bonchev–Trinajstić information content (AvgIpc) is 3.23. The fourth-order valence-electron chi connectivity index (χ4n) is 3.20. The van der Waals surface area contributed by atoms with Gasteiger partial charge in [-0.15, -0.1) is 11.3 Å². The topological polar surface area (TPSA) is 74.3 Å². The first kappa shape index (κ1) is 22.7. The van der Waals surface area contributed by atoms with E-state index >= 15 is 0 Å². The number of nitrogens with one attached hydrogen (secondary N) is 2. The maximum atomic E-state index is 12.4. The summed E-state index contributed by atoms with van der Waals surface area (Å²) in [5.41, 5.74) is 3.56. The number of rotatable bonds is 10. The summed E-state index contributed by atoms with van der Waals surface area (Å²) in [6, 6.07) is 17.2. The summed E-state index contributed by atoms with van der Waals surface area (Å²) >= 11 is 1.31. The standard InChI is InChI=1S/C24H28N4O2S/c1-3-28(4-2)16-20-13-9-8-12-19(20)15-25-22(29)14-21-17-31-24(26-21)27-23(30)18-10-6-5-7-11-18/h5-13,17H,3-4,14-16H2,1-2H3,(H,25,29)(H,26,27,30). The van der Waals surface area contributed by atoms with Gasteiger partial charge in [-0.25, -0.2) is 4.98 Å². The molecule has 0 unspecified atom stereocenters. The lowest BCUT2D eigenvalue weighted by molar-refractivity contribution is -0.120. The van der Waals surface area contributed by atoms with E-state index in [9.17, 15) is 9.59 Å². The molecule has 0 aliphatic rings. The zero-order valence-corrected chi connectivity index (χ0v) is 18.7. The third kappa shape index (κ3) is 6.73. The summed E-state index contributed by atoms with van der Waals surface area (Å²) in [4.78, 5) is 31.4. The van der Waals surface area contributed by atoms with E-state index in [4.69, 9.17) is 0 Å². The predicted molar refractivity (Wildman–Crippen MR) is 125 cm³/mol. The first-order valence-corrected chi connectivity index (χ1v) is 11.3. The molecule has 0 fully saturated rings. The van der Waals surface area contributed by atoms with Gasteiger partial charge in [0.2, 0.25) is 5.91 Å². The average molecular weight is 437 g/mol. The van der Waals surface area contributed by atoms with Gasteiger partial charge in [0.05, 0.1) is 12.1 Å². The van der Waals surface area contributed by atoms with E-state index in [0.29, 0.717) is 22.9 Å². The zero-order chi connectivity index (χ0) is 22.1. The minimum atomic E-state index is -0.212. The molecule has 0 saturated carbocycles. The van der Waals surface area contributed by atoms with E-state index in [1.54, 1.807) is 17.5 Å². The van der Waals surface area contributed by atoms with Crippen LogP contribution in [0.5, 0.6) is 0 Å². The maximum absolute atomic E-state index is 12.4. The molecule has 6 nitrogen and oxygen atoms in total. The SMILES string of the molecule is CCN(CC)Cc1ccccc1CNC(=O)Cc1csc(NC(=O)c2ccccc2)n1. The second-order valence-electron chi connectivity index (χ2n) is 7.15. The minimum Gasteiger partial charge on any atom is -0.352 e. The van der Waals surface area contributed by atoms with E-state index in [1.807, 2.05) is 30.3 Å². The molecule has 3 aromatic rings. The molecule has 0 aliphatic heterocycles. The van der Waals surface area contributed by atoms with Crippen molar-refractivity contribution in [1.29, 1.82) is 0 Å². The van der Waals surface area contributed by atoms with Crippen molar-refractivity contribution in [3.8, 4) is 0 Å². The van der Waals surface area contributed by atoms with Crippen LogP contribution in [0, 0.1) is 0 Å². The van der Waals surface area contributed by atoms with Gasteiger partial charge in [-0.2, -0.15) is 0 Å². The highest BCUT2D eigenvalue weighted by Crippen LogP contribution is 2.17. The number of nitrogens with zero attached hydrogens (tertiary/aromatic N) is 2. The van der Waals surface area contributed by atoms with E-state index in [-0.39, 0.29) is 18.2 Å². The summed E-state index contributed by atoms with van der Waals surface area (Å²) in [5.74, 6) is -0.306. The molecular formula is C24H28N4O2S. The van der Waals surface area contributed by atoms with Crippen molar-refractivity contribution >= 4 is 28.3 Å². The largest absolute Gasteiger partial charge is 0.352 e. The van der Waals surface area contributed by atoms with E-state index in [2.05, 4.69) is 46.5 Å². The van der Waals surface area contributed by atoms with Crippen LogP contribution in [0.3, 0.4) is 0 Å². The monoisotopic (exact) mass is 436 g/mol. The van der Waals surface area contributed by atoms with Gasteiger partial charge in [0, 0.05) is 24.0 Å². The number of amides is 2. The molecule has 1 heterocycles. The first-order chi connectivity index (χ1) is 15.1. The summed E-state index contributed by atoms with van der Waals surface area (Å²) in [6.07, 6.45) is 0.177. The van der Waals surface area contributed by atoms with Gasteiger partial charge in [0.15, 0.2) is 5.13 Å². The van der Waals surface area contributed by atoms with Crippen LogP contribution in [0.2, 0.25) is 0 Å². The second kappa shape index (κ2) is 11.4. The van der Waals surface area contributed by atoms with Crippen molar-refractivity contribution in [2.24, 2.45) is 0 Å². The van der Waals surface area contributed by atoms with Crippen molar-refractivity contribution in [3.63, 3.8) is 0 Å². The van der Waals surface area contributed by atoms with Crippen LogP contribution >= 0.6 is 11.3 Å². The van der Waals surface area contributed by atoms with Crippen molar-refractivity contribution in [2.45, 2.75) is 33.4 Å². The Morgan fingerprint density at radius 1 is 0.968 bits per heavy atom. The van der Waals surface area contributed by atoms with Crippen LogP contribution in [0.25, 0.3) is 0 Å². The molecule has 2 N–H and O–H groups in total. The number of benzene rings is 2. The number of anilines is 1. The number of carbonyl (C=O) groups excluding carboxylic acids is 2. The van der Waals surface area contributed by atoms with Crippen LogP contribution in [0.1, 0.15) is 41.0 Å². The highest BCUT2D eigenvalue weighted by atomic mass is 32.1. The Morgan fingerprint density at radius 3 is 2.35 bits per heavy atom. The Kier molecular flexibility index (Phi) is 8.32. The summed E-state index contributed by atoms with van der Waals surface area (Å²) < 4.78 is 0. The molecule has 2 aromatic carbocycles. The van der Waals surface area contributed by atoms with Crippen molar-refractivity contribution in [2.75, 3.05) is 18.4 Å². The third-order valence-corrected chi connectivity index (χ3v) is 5.84. The number of hydrogen-bond acceptors (Lipinski definition) is 5. The molecular weight excluding hydrogens is 408 g/mol. The van der Waals surface area contributed by atoms with Crippen LogP contribution in [0.15, 0.2) is 60.0 Å². The smallest absolute Gasteiger partial charge is 0.257 e. The quantitative estimate of drug-likeness (QED) is 0.502. The van der Waals surface area contributed by atoms with E-state index < -0.39 is 0 Å². The Bertz CT molecular complexity index is 1000. The van der Waals surface area contributed by atoms with Crippen LogP contribution in [-0.2, 0) is 24.3 Å². The fraction of sp³-hybridized carbons (Fsp3) is 0.292. The molecule has 3 rings (SSSR count). The Labute approximate surface area is 187 Å². The number of hydrogen-bond donors (Lipinski definition) is 2. The molecule has 0 saturated heterocycles. The summed E-state index contributed by atoms with van der Waals surface area (Å²) in [5, 5.41) is 8.06. The first-order valence-electron chi connectivity index (χ1n) is 10.5. The molecule has 0 bridgehead atoms. The van der Waals surface area contributed by atoms with Gasteiger partial charge in [0.25, 0.3) is 5.91 Å². The summed E-state index contributed by atoms with van der Waals surface area (Å²) in [7, 11) is 0. The van der Waals surface area contributed by atoms with Gasteiger partial charge in [-0.3, -0.25) is 19.8 Å². The molecule has 0 atom stereocenters. The lowest BCUT2D eigenvalue weighted by Crippen LogP contribution is -2.27. The maximum Gasteiger partial charge on any atom is 0.257 e. The molecule has 7 heteroatoms. The van der Waals surface area contributed by atoms with Crippen molar-refractivity contribution < 1.29 is 9.59 Å². The normalized spacial score (nSPS) is 10.8. The lowest BCUT2D eigenvalue weighted by atomic mass is 10.1. The fourth-order valence-corrected chi connectivity index (χ4v) is 3.90. The van der Waals surface area contributed by atoms with Crippen molar-refractivity contribution in [3.05, 3.63) is 82.4 Å². The van der Waals surface area contributed by atoms with E-state index in [1.165, 1.54) is 16.9 Å².